The van der Waals surface area contributed by atoms with Crippen LogP contribution in [-0.4, -0.2) is 45.7 Å². The van der Waals surface area contributed by atoms with Crippen molar-refractivity contribution in [1.29, 1.82) is 0 Å². The molecule has 37 heavy (non-hydrogen) atoms. The number of benzene rings is 2. The fourth-order valence-electron chi connectivity index (χ4n) is 3.90. The Bertz CT molecular complexity index is 1070. The lowest BCUT2D eigenvalue weighted by molar-refractivity contribution is -0.152. The van der Waals surface area contributed by atoms with E-state index in [1.165, 1.54) is 12.8 Å². The largest absolute Gasteiger partial charge is 0.369 e. The third kappa shape index (κ3) is 10.4. The zero-order chi connectivity index (χ0) is 26.8. The molecule has 5 rings (SSSR count). The maximum atomic E-state index is 12.7. The van der Waals surface area contributed by atoms with Crippen LogP contribution in [0.25, 0.3) is 0 Å². The monoisotopic (exact) mass is 562 g/mol. The van der Waals surface area contributed by atoms with Crippen LogP contribution in [-0.2, 0) is 9.53 Å². The van der Waals surface area contributed by atoms with Crippen molar-refractivity contribution in [3.63, 3.8) is 0 Å². The fraction of sp³-hybridized carbons (Fsp3) is 0.448. The second-order valence-corrected chi connectivity index (χ2v) is 12.8. The van der Waals surface area contributed by atoms with Gasteiger partial charge in [0.1, 0.15) is 12.4 Å². The molecule has 1 saturated carbocycles. The average Bonchev–Trinajstić information content (AvgIpc) is 3.59. The predicted molar refractivity (Wildman–Crippen MR) is 153 cm³/mol. The molecule has 0 bridgehead atoms. The molecule has 8 heteroatoms. The van der Waals surface area contributed by atoms with Gasteiger partial charge in [-0.3, -0.25) is 4.79 Å². The normalized spacial score (nSPS) is 18.3. The molecule has 2 fully saturated rings. The number of carbonyl (C=O) groups excluding carboxylic acids is 1. The van der Waals surface area contributed by atoms with E-state index in [9.17, 15) is 4.79 Å². The van der Waals surface area contributed by atoms with Crippen LogP contribution in [0, 0.1) is 12.8 Å². The first kappa shape index (κ1) is 29.6. The lowest BCUT2D eigenvalue weighted by Crippen LogP contribution is -2.51. The summed E-state index contributed by atoms with van der Waals surface area (Å²) >= 11 is 13.5. The van der Waals surface area contributed by atoms with E-state index >= 15 is 0 Å². The maximum absolute atomic E-state index is 12.7. The second kappa shape index (κ2) is 14.2. The molecule has 1 aliphatic carbocycles. The third-order valence-corrected chi connectivity index (χ3v) is 7.77. The van der Waals surface area contributed by atoms with Crippen molar-refractivity contribution in [2.75, 3.05) is 19.0 Å². The summed E-state index contributed by atoms with van der Waals surface area (Å²) < 4.78 is 10.4. The highest BCUT2D eigenvalue weighted by Crippen LogP contribution is 2.42. The van der Waals surface area contributed by atoms with Crippen LogP contribution < -0.4 is 0 Å². The van der Waals surface area contributed by atoms with Crippen molar-refractivity contribution in [3.05, 3.63) is 88.2 Å². The second-order valence-electron chi connectivity index (χ2n) is 10.1. The van der Waals surface area contributed by atoms with E-state index < -0.39 is 0 Å². The van der Waals surface area contributed by atoms with Crippen LogP contribution in [0.15, 0.2) is 71.4 Å². The van der Waals surface area contributed by atoms with E-state index in [1.807, 2.05) is 73.3 Å². The van der Waals surface area contributed by atoms with Gasteiger partial charge in [-0.15, -0.1) is 0 Å². The minimum absolute atomic E-state index is 0.00492. The number of aromatic nitrogens is 1. The van der Waals surface area contributed by atoms with Gasteiger partial charge in [0, 0.05) is 32.7 Å². The van der Waals surface area contributed by atoms with Crippen molar-refractivity contribution in [2.24, 2.45) is 5.92 Å². The summed E-state index contributed by atoms with van der Waals surface area (Å²) in [6.07, 6.45) is 4.08. The Morgan fingerprint density at radius 1 is 1.03 bits per heavy atom. The zero-order valence-electron chi connectivity index (χ0n) is 21.9. The summed E-state index contributed by atoms with van der Waals surface area (Å²) in [5.74, 6) is 2.60. The number of amides is 1. The molecular formula is C29H36Cl2N2O3S. The number of halogens is 2. The lowest BCUT2D eigenvalue weighted by atomic mass is 10.0. The van der Waals surface area contributed by atoms with Crippen LogP contribution in [0.1, 0.15) is 51.0 Å². The Labute approximate surface area is 234 Å². The van der Waals surface area contributed by atoms with E-state index in [4.69, 9.17) is 27.9 Å². The summed E-state index contributed by atoms with van der Waals surface area (Å²) in [5, 5.41) is 4.96. The van der Waals surface area contributed by atoms with Gasteiger partial charge in [0.05, 0.1) is 18.8 Å². The summed E-state index contributed by atoms with van der Waals surface area (Å²) in [4.78, 5) is 14.8. The number of ether oxygens (including phenoxy) is 1. The number of hydrogen-bond donors (Lipinski definition) is 0. The minimum Gasteiger partial charge on any atom is -0.369 e. The Morgan fingerprint density at radius 3 is 2.14 bits per heavy atom. The van der Waals surface area contributed by atoms with E-state index in [0.717, 1.165) is 27.1 Å². The molecule has 0 N–H and O–H groups in total. The number of thioether (sulfide) groups is 1. The van der Waals surface area contributed by atoms with Gasteiger partial charge < -0.3 is 14.2 Å². The highest BCUT2D eigenvalue weighted by Gasteiger charge is 2.43. The molecule has 0 spiro atoms. The zero-order valence-corrected chi connectivity index (χ0v) is 24.2. The first-order valence-electron chi connectivity index (χ1n) is 12.5. The highest BCUT2D eigenvalue weighted by molar-refractivity contribution is 8.00. The van der Waals surface area contributed by atoms with Gasteiger partial charge in [0.25, 0.3) is 0 Å². The Balaban J connectivity index is 0.000000237. The van der Waals surface area contributed by atoms with Crippen LogP contribution in [0.5, 0.6) is 0 Å². The first-order valence-corrected chi connectivity index (χ1v) is 14.2. The van der Waals surface area contributed by atoms with Crippen molar-refractivity contribution in [1.82, 2.24) is 10.1 Å². The highest BCUT2D eigenvalue weighted by atomic mass is 35.5. The van der Waals surface area contributed by atoms with Crippen LogP contribution in [0.3, 0.4) is 0 Å². The summed E-state index contributed by atoms with van der Waals surface area (Å²) in [6.45, 7) is 9.33. The van der Waals surface area contributed by atoms with Gasteiger partial charge in [-0.1, -0.05) is 79.5 Å². The van der Waals surface area contributed by atoms with Crippen molar-refractivity contribution < 1.29 is 14.1 Å². The Morgan fingerprint density at radius 2 is 1.68 bits per heavy atom. The summed E-state index contributed by atoms with van der Waals surface area (Å²) in [5.41, 5.74) is 1.11. The van der Waals surface area contributed by atoms with Gasteiger partial charge >= 0.3 is 0 Å². The number of carbonyl (C=O) groups is 1. The molecule has 5 nitrogen and oxygen atoms in total. The molecule has 2 atom stereocenters. The average molecular weight is 564 g/mol. The first-order chi connectivity index (χ1) is 17.6. The number of aryl methyl sites for hydroxylation is 1. The van der Waals surface area contributed by atoms with Crippen molar-refractivity contribution in [3.8, 4) is 0 Å². The molecule has 1 amide bonds. The van der Waals surface area contributed by atoms with Crippen LogP contribution >= 0.6 is 35.0 Å². The van der Waals surface area contributed by atoms with E-state index in [1.54, 1.807) is 12.3 Å². The minimum atomic E-state index is -0.00492. The van der Waals surface area contributed by atoms with E-state index in [0.29, 0.717) is 18.6 Å². The summed E-state index contributed by atoms with van der Waals surface area (Å²) in [6, 6.07) is 19.4. The molecule has 0 radical (unpaired) electrons. The number of nitrogens with zero attached hydrogens (tertiary/aromatic N) is 2. The fourth-order valence-corrected chi connectivity index (χ4v) is 5.27. The number of rotatable bonds is 5. The molecule has 2 heterocycles. The molecule has 1 aliphatic heterocycles. The molecule has 1 aromatic heterocycles. The van der Waals surface area contributed by atoms with Crippen molar-refractivity contribution >= 4 is 40.9 Å². The smallest absolute Gasteiger partial charge is 0.249 e. The maximum Gasteiger partial charge on any atom is 0.249 e. The summed E-state index contributed by atoms with van der Waals surface area (Å²) in [7, 11) is 0. The molecular weight excluding hydrogens is 527 g/mol. The number of morpholine rings is 1. The Kier molecular flexibility index (Phi) is 11.4. The SMILES string of the molecule is CC(C)(C)SCC(C1CC1)N1C(=O)COCC1c1ccc(Cl)cc1.Cc1ccno1.Clc1ccccc1. The molecule has 2 aromatic carbocycles. The van der Waals surface area contributed by atoms with Crippen LogP contribution in [0.2, 0.25) is 10.0 Å². The van der Waals surface area contributed by atoms with Crippen molar-refractivity contribution in [2.45, 2.75) is 57.4 Å². The Hall–Kier alpha value is -1.99. The standard InChI is InChI=1S/C19H26ClNO2S.C6H5Cl.C4H5NO/c1-19(2,3)24-12-17(14-4-5-14)21-16(10-23-11-18(21)22)13-6-8-15(20)9-7-13;7-6-4-2-1-3-5-6;1-4-2-3-5-6-4/h6-9,14,16-17H,4-5,10-12H2,1-3H3;1-5H;2-3H,1H3. The van der Waals surface area contributed by atoms with Gasteiger partial charge in [-0.25, -0.2) is 0 Å². The molecule has 3 aromatic rings. The lowest BCUT2D eigenvalue weighted by Gasteiger charge is -2.42. The van der Waals surface area contributed by atoms with Gasteiger partial charge in [-0.2, -0.15) is 11.8 Å². The molecule has 200 valence electrons. The number of hydrogen-bond acceptors (Lipinski definition) is 5. The molecule has 2 unspecified atom stereocenters. The molecule has 2 aliphatic rings. The third-order valence-electron chi connectivity index (χ3n) is 5.89. The van der Waals surface area contributed by atoms with Gasteiger partial charge in [0.2, 0.25) is 5.91 Å². The quantitative estimate of drug-likeness (QED) is 0.316. The van der Waals surface area contributed by atoms with Gasteiger partial charge in [0.15, 0.2) is 0 Å². The molecule has 1 saturated heterocycles. The topological polar surface area (TPSA) is 55.6 Å². The van der Waals surface area contributed by atoms with Crippen LogP contribution in [0.4, 0.5) is 0 Å². The van der Waals surface area contributed by atoms with E-state index in [2.05, 4.69) is 35.4 Å². The van der Waals surface area contributed by atoms with Gasteiger partial charge in [-0.05, 0) is 55.5 Å². The predicted octanol–water partition coefficient (Wildman–Crippen LogP) is 7.87. The van der Waals surface area contributed by atoms with E-state index in [-0.39, 0.29) is 23.3 Å².